The summed E-state index contributed by atoms with van der Waals surface area (Å²) < 4.78 is 28.7. The van der Waals surface area contributed by atoms with Crippen LogP contribution in [0.4, 0.5) is 14.5 Å². The Kier molecular flexibility index (Phi) is 5.57. The molecule has 0 atom stereocenters. The van der Waals surface area contributed by atoms with Crippen LogP contribution in [0, 0.1) is 13.8 Å². The molecule has 1 amide bonds. The van der Waals surface area contributed by atoms with Crippen LogP contribution in [0.3, 0.4) is 0 Å². The van der Waals surface area contributed by atoms with Crippen molar-refractivity contribution in [1.29, 1.82) is 0 Å². The predicted octanol–water partition coefficient (Wildman–Crippen LogP) is 6.26. The molecule has 1 fully saturated rings. The predicted molar refractivity (Wildman–Crippen MR) is 129 cm³/mol. The Morgan fingerprint density at radius 3 is 2.67 bits per heavy atom. The van der Waals surface area contributed by atoms with Gasteiger partial charge in [0.25, 0.3) is 5.91 Å². The fraction of sp³-hybridized carbons (Fsp3) is 0.370. The first-order valence-corrected chi connectivity index (χ1v) is 11.6. The highest BCUT2D eigenvalue weighted by molar-refractivity contribution is 6.35. The third-order valence-electron chi connectivity index (χ3n) is 7.29. The van der Waals surface area contributed by atoms with E-state index in [-0.39, 0.29) is 5.91 Å². The smallest absolute Gasteiger partial charge is 0.256 e. The number of rotatable bonds is 3. The number of aryl methyl sites for hydroxylation is 1. The number of nitrogens with one attached hydrogen (secondary N) is 2. The Labute approximate surface area is 193 Å². The normalized spacial score (nSPS) is 20.9. The molecule has 172 valence electrons. The lowest BCUT2D eigenvalue weighted by Gasteiger charge is -2.29. The maximum Gasteiger partial charge on any atom is 0.256 e. The van der Waals surface area contributed by atoms with E-state index in [0.717, 1.165) is 42.9 Å². The molecular formula is C27H29F2N3O. The van der Waals surface area contributed by atoms with Gasteiger partial charge in [0.2, 0.25) is 0 Å². The van der Waals surface area contributed by atoms with E-state index in [0.29, 0.717) is 46.7 Å². The number of aromatic nitrogens is 1. The van der Waals surface area contributed by atoms with E-state index in [4.69, 9.17) is 0 Å². The van der Waals surface area contributed by atoms with Crippen LogP contribution < -0.4 is 5.32 Å². The van der Waals surface area contributed by atoms with Crippen LogP contribution >= 0.6 is 0 Å². The second-order valence-corrected chi connectivity index (χ2v) is 9.40. The summed E-state index contributed by atoms with van der Waals surface area (Å²) >= 11 is 0. The molecule has 6 heteroatoms. The van der Waals surface area contributed by atoms with Gasteiger partial charge in [0.1, 0.15) is 0 Å². The number of hydrogen-bond donors (Lipinski definition) is 2. The molecule has 0 saturated carbocycles. The Bertz CT molecular complexity index is 1230. The van der Waals surface area contributed by atoms with Crippen LogP contribution in [-0.2, 0) is 4.79 Å². The van der Waals surface area contributed by atoms with Gasteiger partial charge in [-0.1, -0.05) is 12.1 Å². The van der Waals surface area contributed by atoms with Gasteiger partial charge in [0.05, 0.1) is 5.57 Å². The number of fused-ring (bicyclic) bond motifs is 1. The van der Waals surface area contributed by atoms with Crippen LogP contribution in [0.15, 0.2) is 35.9 Å². The van der Waals surface area contributed by atoms with Crippen LogP contribution in [-0.4, -0.2) is 35.9 Å². The number of piperidine rings is 1. The standard InChI is InChI=1S/C27H29F2N3O/c1-15-23(30-16(2)24(15)17-10-12-32(3)13-11-17)14-20-25-18(6-5-9-22(25)31-27(20)33)19-7-4-8-21(28)26(19)29/h5-6,8-9,14,17,30H,4,7,10-13H2,1-3H3,(H,31,33). The molecule has 0 spiro atoms. The van der Waals surface area contributed by atoms with Gasteiger partial charge in [-0.05, 0) is 106 Å². The number of H-pyrrole nitrogens is 1. The number of nitrogens with zero attached hydrogens (tertiary/aromatic N) is 1. The topological polar surface area (TPSA) is 48.1 Å². The van der Waals surface area contributed by atoms with Gasteiger partial charge in [0, 0.05) is 22.6 Å². The maximum atomic E-state index is 14.7. The van der Waals surface area contributed by atoms with Crippen molar-refractivity contribution in [1.82, 2.24) is 9.88 Å². The van der Waals surface area contributed by atoms with Crippen molar-refractivity contribution in [2.45, 2.75) is 45.4 Å². The molecule has 0 bridgehead atoms. The van der Waals surface area contributed by atoms with Crippen molar-refractivity contribution in [2.24, 2.45) is 0 Å². The van der Waals surface area contributed by atoms with Crippen molar-refractivity contribution in [3.05, 3.63) is 69.6 Å². The van der Waals surface area contributed by atoms with Crippen molar-refractivity contribution in [3.8, 4) is 0 Å². The van der Waals surface area contributed by atoms with Gasteiger partial charge < -0.3 is 15.2 Å². The molecule has 0 radical (unpaired) electrons. The molecule has 1 aromatic carbocycles. The molecule has 2 aliphatic heterocycles. The van der Waals surface area contributed by atoms with Crippen molar-refractivity contribution < 1.29 is 13.6 Å². The molecular weight excluding hydrogens is 420 g/mol. The zero-order valence-electron chi connectivity index (χ0n) is 19.3. The summed E-state index contributed by atoms with van der Waals surface area (Å²) in [5.74, 6) is -1.38. The summed E-state index contributed by atoms with van der Waals surface area (Å²) in [4.78, 5) is 18.8. The fourth-order valence-corrected chi connectivity index (χ4v) is 5.57. The van der Waals surface area contributed by atoms with E-state index in [1.807, 2.05) is 12.1 Å². The van der Waals surface area contributed by atoms with Gasteiger partial charge in [-0.15, -0.1) is 0 Å². The average Bonchev–Trinajstić information content (AvgIpc) is 3.26. The first kappa shape index (κ1) is 21.8. The fourth-order valence-electron chi connectivity index (χ4n) is 5.57. The average molecular weight is 450 g/mol. The number of likely N-dealkylation sites (tertiary alicyclic amines) is 1. The molecule has 2 N–H and O–H groups in total. The first-order valence-electron chi connectivity index (χ1n) is 11.6. The summed E-state index contributed by atoms with van der Waals surface area (Å²) in [5, 5.41) is 2.90. The SMILES string of the molecule is Cc1[nH]c(C=C2C(=O)Nc3cccc(C4=C(F)C(F)=CCC4)c32)c(C)c1C1CCN(C)CC1. The molecule has 1 saturated heterocycles. The summed E-state index contributed by atoms with van der Waals surface area (Å²) in [6, 6.07) is 5.36. The Hall–Kier alpha value is -2.99. The van der Waals surface area contributed by atoms with Crippen molar-refractivity contribution in [3.63, 3.8) is 0 Å². The molecule has 4 nitrogen and oxygen atoms in total. The monoisotopic (exact) mass is 449 g/mol. The number of anilines is 1. The van der Waals surface area contributed by atoms with Crippen LogP contribution in [0.2, 0.25) is 0 Å². The number of allylic oxidation sites excluding steroid dienone is 4. The lowest BCUT2D eigenvalue weighted by atomic mass is 9.86. The van der Waals surface area contributed by atoms with Gasteiger partial charge >= 0.3 is 0 Å². The van der Waals surface area contributed by atoms with Crippen molar-refractivity contribution >= 4 is 28.8 Å². The highest BCUT2D eigenvalue weighted by atomic mass is 19.2. The van der Waals surface area contributed by atoms with Gasteiger partial charge in [-0.3, -0.25) is 4.79 Å². The second kappa shape index (κ2) is 8.41. The van der Waals surface area contributed by atoms with E-state index in [9.17, 15) is 13.6 Å². The zero-order chi connectivity index (χ0) is 23.3. The number of amides is 1. The summed E-state index contributed by atoms with van der Waals surface area (Å²) in [6.07, 6.45) is 6.22. The Balaban J connectivity index is 1.59. The highest BCUT2D eigenvalue weighted by Crippen LogP contribution is 2.43. The molecule has 2 aromatic rings. The van der Waals surface area contributed by atoms with E-state index in [2.05, 4.69) is 36.1 Å². The number of aromatic amines is 1. The first-order chi connectivity index (χ1) is 15.8. The maximum absolute atomic E-state index is 14.7. The van der Waals surface area contributed by atoms with Gasteiger partial charge in [-0.25, -0.2) is 8.78 Å². The van der Waals surface area contributed by atoms with Crippen LogP contribution in [0.25, 0.3) is 17.2 Å². The lowest BCUT2D eigenvalue weighted by Crippen LogP contribution is -2.29. The Morgan fingerprint density at radius 2 is 1.91 bits per heavy atom. The number of hydrogen-bond acceptors (Lipinski definition) is 2. The van der Waals surface area contributed by atoms with E-state index in [1.54, 1.807) is 12.1 Å². The molecule has 33 heavy (non-hydrogen) atoms. The molecule has 5 rings (SSSR count). The van der Waals surface area contributed by atoms with E-state index < -0.39 is 11.7 Å². The van der Waals surface area contributed by atoms with Gasteiger partial charge in [-0.2, -0.15) is 0 Å². The third-order valence-corrected chi connectivity index (χ3v) is 7.29. The largest absolute Gasteiger partial charge is 0.359 e. The lowest BCUT2D eigenvalue weighted by molar-refractivity contribution is -0.110. The second-order valence-electron chi connectivity index (χ2n) is 9.40. The van der Waals surface area contributed by atoms with E-state index in [1.165, 1.54) is 11.6 Å². The van der Waals surface area contributed by atoms with Crippen molar-refractivity contribution in [2.75, 3.05) is 25.5 Å². The third kappa shape index (κ3) is 3.76. The number of carbonyl (C=O) groups is 1. The number of halogens is 2. The summed E-state index contributed by atoms with van der Waals surface area (Å²) in [6.45, 7) is 6.35. The number of benzene rings is 1. The van der Waals surface area contributed by atoms with Crippen LogP contribution in [0.5, 0.6) is 0 Å². The number of carbonyl (C=O) groups excluding carboxylic acids is 1. The minimum atomic E-state index is -0.829. The minimum Gasteiger partial charge on any atom is -0.359 e. The minimum absolute atomic E-state index is 0.224. The quantitative estimate of drug-likeness (QED) is 0.543. The van der Waals surface area contributed by atoms with Gasteiger partial charge in [0.15, 0.2) is 11.7 Å². The van der Waals surface area contributed by atoms with Crippen LogP contribution in [0.1, 0.15) is 65.2 Å². The molecule has 0 unspecified atom stereocenters. The molecule has 1 aromatic heterocycles. The molecule has 1 aliphatic carbocycles. The van der Waals surface area contributed by atoms with E-state index >= 15 is 0 Å². The molecule has 3 heterocycles. The zero-order valence-corrected chi connectivity index (χ0v) is 19.3. The summed E-state index contributed by atoms with van der Waals surface area (Å²) in [5.41, 5.74) is 7.20. The highest BCUT2D eigenvalue weighted by Gasteiger charge is 2.31. The Morgan fingerprint density at radius 1 is 1.15 bits per heavy atom. The summed E-state index contributed by atoms with van der Waals surface area (Å²) in [7, 11) is 2.16. The molecule has 3 aliphatic rings.